The van der Waals surface area contributed by atoms with Gasteiger partial charge in [-0.15, -0.1) is 3.94 Å². The Morgan fingerprint density at radius 1 is 1.25 bits per heavy atom. The Balaban J connectivity index is 0. The van der Waals surface area contributed by atoms with Gasteiger partial charge in [-0.1, -0.05) is 0 Å². The number of hydrogen-bond donors (Lipinski definition) is 0. The minimum absolute atomic E-state index is 0. The van der Waals surface area contributed by atoms with Crippen molar-refractivity contribution in [2.24, 2.45) is 0 Å². The van der Waals surface area contributed by atoms with Crippen LogP contribution in [0.25, 0.3) is 0 Å². The third-order valence-corrected chi connectivity index (χ3v) is 3.21. The summed E-state index contributed by atoms with van der Waals surface area (Å²) >= 11 is 11.3. The van der Waals surface area contributed by atoms with Crippen LogP contribution < -0.4 is 12.4 Å². The number of alkyl halides is 1. The van der Waals surface area contributed by atoms with Gasteiger partial charge in [-0.05, 0) is 43.8 Å². The Kier molecular flexibility index (Phi) is 8.61. The first-order valence-corrected chi connectivity index (χ1v) is 5.78. The average molecular weight is 296 g/mol. The molecule has 0 bridgehead atoms. The van der Waals surface area contributed by atoms with Gasteiger partial charge in [0.25, 0.3) is 0 Å². The van der Waals surface area contributed by atoms with E-state index in [2.05, 4.69) is 0 Å². The van der Waals surface area contributed by atoms with Crippen LogP contribution in [0.4, 0.5) is 4.39 Å². The Bertz CT molecular complexity index is 193. The van der Waals surface area contributed by atoms with Gasteiger partial charge in [0.05, 0.1) is 27.7 Å². The molecule has 0 aliphatic heterocycles. The van der Waals surface area contributed by atoms with Gasteiger partial charge in [-0.3, -0.25) is 0 Å². The summed E-state index contributed by atoms with van der Waals surface area (Å²) in [5.41, 5.74) is -0.520. The molecule has 16 heavy (non-hydrogen) atoms. The maximum atomic E-state index is 13.6. The van der Waals surface area contributed by atoms with E-state index in [1.807, 2.05) is 35.0 Å². The molecule has 0 radical (unpaired) electrons. The number of quaternary nitrogens is 1. The molecule has 6 heteroatoms. The molecule has 0 N–H and O–H groups in total. The Morgan fingerprint density at radius 3 is 2.00 bits per heavy atom. The van der Waals surface area contributed by atoms with Crippen LogP contribution in [0.5, 0.6) is 0 Å². The Morgan fingerprint density at radius 2 is 1.69 bits per heavy atom. The molecule has 0 spiro atoms. The first-order chi connectivity index (χ1) is 6.54. The SMILES string of the molecule is CC(C)(CC(F)CC[N+](C)(C)C)N(Cl)Cl.[Cl-]. The lowest BCUT2D eigenvalue weighted by molar-refractivity contribution is -0.870. The quantitative estimate of drug-likeness (QED) is 0.500. The fourth-order valence-corrected chi connectivity index (χ4v) is 1.38. The highest BCUT2D eigenvalue weighted by molar-refractivity contribution is 6.34. The van der Waals surface area contributed by atoms with Crippen LogP contribution in [0.15, 0.2) is 0 Å². The highest BCUT2D eigenvalue weighted by Gasteiger charge is 2.29. The third-order valence-electron chi connectivity index (χ3n) is 2.29. The molecule has 0 rings (SSSR count). The maximum absolute atomic E-state index is 13.6. The topological polar surface area (TPSA) is 3.24 Å². The zero-order valence-electron chi connectivity index (χ0n) is 10.6. The van der Waals surface area contributed by atoms with Crippen molar-refractivity contribution in [2.45, 2.75) is 38.4 Å². The van der Waals surface area contributed by atoms with Crippen molar-refractivity contribution >= 4 is 23.6 Å². The molecule has 2 nitrogen and oxygen atoms in total. The van der Waals surface area contributed by atoms with E-state index in [1.54, 1.807) is 0 Å². The summed E-state index contributed by atoms with van der Waals surface area (Å²) in [5, 5.41) is 0. The molecule has 0 aliphatic rings. The highest BCUT2D eigenvalue weighted by Crippen LogP contribution is 2.27. The van der Waals surface area contributed by atoms with Gasteiger partial charge in [-0.2, -0.15) is 0 Å². The summed E-state index contributed by atoms with van der Waals surface area (Å²) in [5.74, 6) is 0. The summed E-state index contributed by atoms with van der Waals surface area (Å²) in [6.45, 7) is 4.46. The van der Waals surface area contributed by atoms with Gasteiger partial charge in [0.15, 0.2) is 0 Å². The smallest absolute Gasteiger partial charge is 0.107 e. The lowest BCUT2D eigenvalue weighted by Gasteiger charge is -2.30. The second-order valence-corrected chi connectivity index (χ2v) is 6.50. The molecule has 0 aromatic heterocycles. The molecule has 1 atom stereocenters. The molecule has 0 aliphatic carbocycles. The van der Waals surface area contributed by atoms with Crippen molar-refractivity contribution in [3.8, 4) is 0 Å². The van der Waals surface area contributed by atoms with Gasteiger partial charge in [-0.25, -0.2) is 4.39 Å². The molecule has 0 fully saturated rings. The Labute approximate surface area is 115 Å². The molecule has 100 valence electrons. The molecule has 0 amide bonds. The summed E-state index contributed by atoms with van der Waals surface area (Å²) in [6, 6.07) is 0. The number of hydrogen-bond acceptors (Lipinski definition) is 1. The second-order valence-electron chi connectivity index (χ2n) is 5.65. The molecule has 0 aromatic carbocycles. The van der Waals surface area contributed by atoms with Crippen molar-refractivity contribution in [3.63, 3.8) is 0 Å². The summed E-state index contributed by atoms with van der Waals surface area (Å²) in [7, 11) is 6.15. The van der Waals surface area contributed by atoms with E-state index in [0.717, 1.165) is 15.0 Å². The van der Waals surface area contributed by atoms with Gasteiger partial charge in [0.2, 0.25) is 0 Å². The molecule has 0 heterocycles. The monoisotopic (exact) mass is 294 g/mol. The zero-order chi connectivity index (χ0) is 12.3. The third kappa shape index (κ3) is 8.82. The number of nitrogens with zero attached hydrogens (tertiary/aromatic N) is 2. The van der Waals surface area contributed by atoms with Crippen LogP contribution >= 0.6 is 23.6 Å². The normalized spacial score (nSPS) is 14.8. The first kappa shape index (κ1) is 19.1. The van der Waals surface area contributed by atoms with Gasteiger partial charge >= 0.3 is 0 Å². The van der Waals surface area contributed by atoms with Crippen molar-refractivity contribution < 1.29 is 21.3 Å². The van der Waals surface area contributed by atoms with Crippen LogP contribution in [-0.2, 0) is 0 Å². The minimum Gasteiger partial charge on any atom is -1.00 e. The molecular formula is C10H22Cl3FN2. The van der Waals surface area contributed by atoms with Gasteiger partial charge in [0, 0.05) is 12.0 Å². The average Bonchev–Trinajstić information content (AvgIpc) is 1.98. The molecule has 0 aromatic rings. The lowest BCUT2D eigenvalue weighted by atomic mass is 9.97. The van der Waals surface area contributed by atoms with E-state index >= 15 is 0 Å². The van der Waals surface area contributed by atoms with Crippen LogP contribution in [0.3, 0.4) is 0 Å². The van der Waals surface area contributed by atoms with Crippen molar-refractivity contribution in [1.29, 1.82) is 0 Å². The second kappa shape index (κ2) is 7.22. The fraction of sp³-hybridized carbons (Fsp3) is 1.00. The summed E-state index contributed by atoms with van der Waals surface area (Å²) in [4.78, 5) is 0. The van der Waals surface area contributed by atoms with Crippen molar-refractivity contribution in [3.05, 3.63) is 0 Å². The van der Waals surface area contributed by atoms with Crippen molar-refractivity contribution in [2.75, 3.05) is 27.7 Å². The van der Waals surface area contributed by atoms with Gasteiger partial charge < -0.3 is 16.9 Å². The van der Waals surface area contributed by atoms with E-state index in [-0.39, 0.29) is 12.4 Å². The van der Waals surface area contributed by atoms with Crippen LogP contribution in [-0.4, -0.2) is 47.8 Å². The summed E-state index contributed by atoms with van der Waals surface area (Å²) in [6.07, 6.45) is 0.0199. The summed E-state index contributed by atoms with van der Waals surface area (Å²) < 4.78 is 15.4. The van der Waals surface area contributed by atoms with E-state index in [0.29, 0.717) is 12.8 Å². The van der Waals surface area contributed by atoms with Crippen LogP contribution in [0.1, 0.15) is 26.7 Å². The maximum Gasteiger partial charge on any atom is 0.107 e. The number of halogens is 4. The minimum atomic E-state index is -0.864. The van der Waals surface area contributed by atoms with E-state index in [4.69, 9.17) is 23.6 Å². The van der Waals surface area contributed by atoms with Crippen LogP contribution in [0.2, 0.25) is 0 Å². The number of rotatable bonds is 6. The molecule has 0 saturated carbocycles. The Hall–Kier alpha value is 0.720. The van der Waals surface area contributed by atoms with E-state index in [1.165, 1.54) is 0 Å². The predicted octanol–water partition coefficient (Wildman–Crippen LogP) is 0.203. The van der Waals surface area contributed by atoms with E-state index in [9.17, 15) is 4.39 Å². The molecule has 1 unspecified atom stereocenters. The standard InChI is InChI=1S/C10H22Cl2FN2.ClH/c1-10(2,14(11)12)8-9(13)6-7-15(3,4)5;/h9H,6-8H2,1-5H3;1H/q+1;/p-1. The van der Waals surface area contributed by atoms with Crippen LogP contribution in [0, 0.1) is 0 Å². The van der Waals surface area contributed by atoms with Gasteiger partial charge in [0.1, 0.15) is 6.17 Å². The largest absolute Gasteiger partial charge is 1.00 e. The van der Waals surface area contributed by atoms with E-state index < -0.39 is 11.7 Å². The molecule has 0 saturated heterocycles. The molecular weight excluding hydrogens is 273 g/mol. The fourth-order valence-electron chi connectivity index (χ4n) is 1.24. The first-order valence-electron chi connectivity index (χ1n) is 5.11. The predicted molar refractivity (Wildman–Crippen MR) is 64.7 cm³/mol. The lowest BCUT2D eigenvalue weighted by Crippen LogP contribution is -3.00. The highest BCUT2D eigenvalue weighted by atomic mass is 35.5. The zero-order valence-corrected chi connectivity index (χ0v) is 12.9. The van der Waals surface area contributed by atoms with Crippen molar-refractivity contribution in [1.82, 2.24) is 3.94 Å².